The van der Waals surface area contributed by atoms with Gasteiger partial charge in [0.1, 0.15) is 17.4 Å². The fraction of sp³-hybridized carbons (Fsp3) is 0.421. The zero-order chi connectivity index (χ0) is 22.5. The van der Waals surface area contributed by atoms with Gasteiger partial charge in [0.05, 0.1) is 42.2 Å². The number of hydrogen-bond acceptors (Lipinski definition) is 10. The summed E-state index contributed by atoms with van der Waals surface area (Å²) in [6.07, 6.45) is 0.181. The first kappa shape index (κ1) is 22.2. The monoisotopic (exact) mass is 433 g/mol. The Morgan fingerprint density at radius 3 is 2.77 bits per heavy atom. The summed E-state index contributed by atoms with van der Waals surface area (Å²) in [4.78, 5) is 41.8. The molecule has 3 N–H and O–H groups in total. The van der Waals surface area contributed by atoms with Crippen molar-refractivity contribution < 1.29 is 23.9 Å². The highest BCUT2D eigenvalue weighted by molar-refractivity contribution is 5.88. The van der Waals surface area contributed by atoms with Crippen LogP contribution in [0, 0.1) is 10.1 Å². The van der Waals surface area contributed by atoms with Gasteiger partial charge < -0.3 is 24.8 Å². The lowest BCUT2D eigenvalue weighted by molar-refractivity contribution is -0.386. The third-order valence-corrected chi connectivity index (χ3v) is 4.44. The topological polar surface area (TPSA) is 158 Å². The number of rotatable bonds is 7. The highest BCUT2D eigenvalue weighted by Gasteiger charge is 2.27. The number of aromatic amines is 1. The number of benzene rings is 1. The first-order valence-electron chi connectivity index (χ1n) is 9.56. The molecule has 0 amide bonds. The highest BCUT2D eigenvalue weighted by Crippen LogP contribution is 2.38. The Morgan fingerprint density at radius 2 is 2.19 bits per heavy atom. The summed E-state index contributed by atoms with van der Waals surface area (Å²) in [5, 5.41) is 17.6. The number of morpholine rings is 1. The second kappa shape index (κ2) is 9.53. The first-order valence-corrected chi connectivity index (χ1v) is 9.56. The first-order chi connectivity index (χ1) is 14.8. The van der Waals surface area contributed by atoms with Gasteiger partial charge in [-0.2, -0.15) is 0 Å². The number of nitrogens with one attached hydrogen (secondary N) is 3. The van der Waals surface area contributed by atoms with Crippen LogP contribution in [0.3, 0.4) is 0 Å². The molecule has 0 saturated carbocycles. The van der Waals surface area contributed by atoms with Gasteiger partial charge in [-0.1, -0.05) is 0 Å². The lowest BCUT2D eigenvalue weighted by atomic mass is 10.0. The normalized spacial score (nSPS) is 16.1. The Balaban J connectivity index is 1.93. The molecule has 1 aromatic heterocycles. The summed E-state index contributed by atoms with van der Waals surface area (Å²) in [6.45, 7) is 4.85. The van der Waals surface area contributed by atoms with Crippen molar-refractivity contribution in [3.05, 3.63) is 49.9 Å². The molecule has 1 aliphatic rings. The fourth-order valence-corrected chi connectivity index (χ4v) is 3.04. The molecule has 12 heteroatoms. The van der Waals surface area contributed by atoms with Crippen LogP contribution in [0.2, 0.25) is 0 Å². The molecule has 2 heterocycles. The van der Waals surface area contributed by atoms with Gasteiger partial charge in [-0.15, -0.1) is 0 Å². The summed E-state index contributed by atoms with van der Waals surface area (Å²) in [6, 6.07) is 2.80. The second-order valence-electron chi connectivity index (χ2n) is 6.99. The molecular weight excluding hydrogens is 410 g/mol. The molecule has 1 atom stereocenters. The maximum absolute atomic E-state index is 12.2. The Labute approximate surface area is 177 Å². The summed E-state index contributed by atoms with van der Waals surface area (Å²) in [5.74, 6) is -0.531. The number of anilines is 2. The Bertz CT molecular complexity index is 1030. The van der Waals surface area contributed by atoms with Crippen LogP contribution in [0.25, 0.3) is 0 Å². The van der Waals surface area contributed by atoms with Crippen LogP contribution in [-0.4, -0.2) is 53.8 Å². The molecule has 1 aromatic carbocycles. The van der Waals surface area contributed by atoms with Crippen molar-refractivity contribution in [2.24, 2.45) is 0 Å². The van der Waals surface area contributed by atoms with Crippen molar-refractivity contribution in [3.8, 4) is 5.75 Å². The van der Waals surface area contributed by atoms with E-state index in [1.165, 1.54) is 19.2 Å². The van der Waals surface area contributed by atoms with Crippen molar-refractivity contribution in [1.29, 1.82) is 0 Å². The third kappa shape index (κ3) is 5.16. The van der Waals surface area contributed by atoms with Crippen LogP contribution < -0.4 is 20.9 Å². The van der Waals surface area contributed by atoms with Gasteiger partial charge in [0.15, 0.2) is 0 Å². The minimum absolute atomic E-state index is 0.0259. The van der Waals surface area contributed by atoms with Gasteiger partial charge in [0, 0.05) is 19.2 Å². The zero-order valence-corrected chi connectivity index (χ0v) is 17.3. The van der Waals surface area contributed by atoms with E-state index in [-0.39, 0.29) is 22.9 Å². The number of carbonyl (C=O) groups is 1. The molecule has 3 rings (SSSR count). The summed E-state index contributed by atoms with van der Waals surface area (Å²) >= 11 is 0. The molecule has 1 fully saturated rings. The van der Waals surface area contributed by atoms with Crippen molar-refractivity contribution >= 4 is 23.3 Å². The standard InChI is InChI=1S/C19H23N5O7/c1-10(2)31-18(26)12-8-21-19(23-17(12)25)22-13-7-14(24(27)28)11(6-15(13)29-3)16-9-20-4-5-30-16/h6-8,10,16,20H,4-5,9H2,1-3H3,(H2,21,22,23,25). The Morgan fingerprint density at radius 1 is 1.42 bits per heavy atom. The minimum Gasteiger partial charge on any atom is -0.495 e. The van der Waals surface area contributed by atoms with Crippen molar-refractivity contribution in [1.82, 2.24) is 15.3 Å². The summed E-state index contributed by atoms with van der Waals surface area (Å²) < 4.78 is 16.0. The maximum Gasteiger partial charge on any atom is 0.345 e. The van der Waals surface area contributed by atoms with Crippen LogP contribution in [0.15, 0.2) is 23.1 Å². The van der Waals surface area contributed by atoms with E-state index in [0.717, 1.165) is 6.20 Å². The zero-order valence-electron chi connectivity index (χ0n) is 17.3. The number of H-pyrrole nitrogens is 1. The summed E-state index contributed by atoms with van der Waals surface area (Å²) in [7, 11) is 1.41. The van der Waals surface area contributed by atoms with E-state index in [0.29, 0.717) is 31.0 Å². The molecule has 1 saturated heterocycles. The smallest absolute Gasteiger partial charge is 0.345 e. The van der Waals surface area contributed by atoms with Gasteiger partial charge in [-0.05, 0) is 19.9 Å². The molecule has 31 heavy (non-hydrogen) atoms. The molecule has 1 aliphatic heterocycles. The number of hydrogen-bond donors (Lipinski definition) is 3. The molecule has 12 nitrogen and oxygen atoms in total. The molecule has 0 aliphatic carbocycles. The molecule has 2 aromatic rings. The van der Waals surface area contributed by atoms with E-state index in [9.17, 15) is 19.7 Å². The van der Waals surface area contributed by atoms with Gasteiger partial charge in [-0.25, -0.2) is 9.78 Å². The molecule has 0 radical (unpaired) electrons. The largest absolute Gasteiger partial charge is 0.495 e. The van der Waals surface area contributed by atoms with Crippen LogP contribution >= 0.6 is 0 Å². The number of methoxy groups -OCH3 is 1. The van der Waals surface area contributed by atoms with Crippen LogP contribution in [0.5, 0.6) is 5.75 Å². The van der Waals surface area contributed by atoms with Gasteiger partial charge in [-0.3, -0.25) is 19.9 Å². The molecule has 1 unspecified atom stereocenters. The predicted molar refractivity (Wildman–Crippen MR) is 110 cm³/mol. The quantitative estimate of drug-likeness (QED) is 0.333. The molecular formula is C19H23N5O7. The van der Waals surface area contributed by atoms with E-state index in [2.05, 4.69) is 20.6 Å². The van der Waals surface area contributed by atoms with E-state index >= 15 is 0 Å². The minimum atomic E-state index is -0.797. The van der Waals surface area contributed by atoms with Gasteiger partial charge in [0.25, 0.3) is 11.2 Å². The van der Waals surface area contributed by atoms with E-state index < -0.39 is 28.7 Å². The number of nitro benzene ring substituents is 1. The number of esters is 1. The molecule has 0 spiro atoms. The maximum atomic E-state index is 12.2. The SMILES string of the molecule is COc1cc(C2CNCCO2)c([N+](=O)[O-])cc1Nc1ncc(C(=O)OC(C)C)c(=O)[nH]1. The van der Waals surface area contributed by atoms with Crippen LogP contribution in [0.4, 0.5) is 17.3 Å². The average Bonchev–Trinajstić information content (AvgIpc) is 2.73. The third-order valence-electron chi connectivity index (χ3n) is 4.44. The second-order valence-corrected chi connectivity index (χ2v) is 6.99. The van der Waals surface area contributed by atoms with E-state index in [1.54, 1.807) is 13.8 Å². The number of carbonyl (C=O) groups excluding carboxylic acids is 1. The Kier molecular flexibility index (Phi) is 6.82. The number of nitro groups is 1. The predicted octanol–water partition coefficient (Wildman–Crippen LogP) is 1.66. The highest BCUT2D eigenvalue weighted by atomic mass is 16.6. The van der Waals surface area contributed by atoms with Gasteiger partial charge in [0.2, 0.25) is 5.95 Å². The average molecular weight is 433 g/mol. The van der Waals surface area contributed by atoms with Crippen molar-refractivity contribution in [3.63, 3.8) is 0 Å². The lowest BCUT2D eigenvalue weighted by Gasteiger charge is -2.24. The Hall–Kier alpha value is -3.51. The molecule has 0 bridgehead atoms. The van der Waals surface area contributed by atoms with Crippen molar-refractivity contribution in [2.45, 2.75) is 26.1 Å². The summed E-state index contributed by atoms with van der Waals surface area (Å²) in [5.41, 5.74) is -0.559. The fourth-order valence-electron chi connectivity index (χ4n) is 3.04. The molecule has 166 valence electrons. The number of ether oxygens (including phenoxy) is 3. The number of aromatic nitrogens is 2. The van der Waals surface area contributed by atoms with E-state index in [4.69, 9.17) is 14.2 Å². The van der Waals surface area contributed by atoms with Gasteiger partial charge >= 0.3 is 5.97 Å². The van der Waals surface area contributed by atoms with E-state index in [1.807, 2.05) is 0 Å². The van der Waals surface area contributed by atoms with Crippen LogP contribution in [0.1, 0.15) is 35.9 Å². The van der Waals surface area contributed by atoms with Crippen molar-refractivity contribution in [2.75, 3.05) is 32.1 Å². The number of nitrogens with zero attached hydrogens (tertiary/aromatic N) is 2. The lowest BCUT2D eigenvalue weighted by Crippen LogP contribution is -2.33. The van der Waals surface area contributed by atoms with Crippen LogP contribution in [-0.2, 0) is 9.47 Å².